The lowest BCUT2D eigenvalue weighted by atomic mass is 10.0. The van der Waals surface area contributed by atoms with E-state index in [1.165, 1.54) is 12.8 Å². The van der Waals surface area contributed by atoms with Crippen molar-refractivity contribution in [3.8, 4) is 0 Å². The van der Waals surface area contributed by atoms with E-state index in [-0.39, 0.29) is 0 Å². The van der Waals surface area contributed by atoms with Crippen molar-refractivity contribution in [2.24, 2.45) is 5.92 Å². The summed E-state index contributed by atoms with van der Waals surface area (Å²) in [6.07, 6.45) is 2.42. The Labute approximate surface area is 89.2 Å². The van der Waals surface area contributed by atoms with Gasteiger partial charge in [0.05, 0.1) is 13.2 Å². The molecule has 1 fully saturated rings. The number of rotatable bonds is 4. The van der Waals surface area contributed by atoms with Crippen molar-refractivity contribution in [3.63, 3.8) is 0 Å². The van der Waals surface area contributed by atoms with Gasteiger partial charge in [0.25, 0.3) is 0 Å². The van der Waals surface area contributed by atoms with Crippen LogP contribution in [0.3, 0.4) is 0 Å². The lowest BCUT2D eigenvalue weighted by molar-refractivity contribution is 0.0545. The molecule has 0 saturated carbocycles. The summed E-state index contributed by atoms with van der Waals surface area (Å²) >= 11 is 0. The maximum absolute atomic E-state index is 5.40. The molecule has 2 heterocycles. The largest absolute Gasteiger partial charge is 0.424 e. The molecule has 1 aliphatic rings. The van der Waals surface area contributed by atoms with Gasteiger partial charge in [-0.15, -0.1) is 10.2 Å². The van der Waals surface area contributed by atoms with E-state index in [9.17, 15) is 0 Å². The molecule has 1 atom stereocenters. The summed E-state index contributed by atoms with van der Waals surface area (Å²) in [5.74, 6) is 1.90. The third-order valence-corrected chi connectivity index (χ3v) is 2.53. The van der Waals surface area contributed by atoms with Crippen LogP contribution in [0, 0.1) is 12.8 Å². The van der Waals surface area contributed by atoms with Crippen molar-refractivity contribution in [2.75, 3.05) is 19.8 Å². The van der Waals surface area contributed by atoms with Gasteiger partial charge in [-0.3, -0.25) is 0 Å². The lowest BCUT2D eigenvalue weighted by Crippen LogP contribution is -2.28. The third-order valence-electron chi connectivity index (χ3n) is 2.53. The summed E-state index contributed by atoms with van der Waals surface area (Å²) < 4.78 is 10.7. The van der Waals surface area contributed by atoms with Crippen molar-refractivity contribution in [1.29, 1.82) is 0 Å². The molecule has 5 heteroatoms. The van der Waals surface area contributed by atoms with Gasteiger partial charge in [0.1, 0.15) is 0 Å². The summed E-state index contributed by atoms with van der Waals surface area (Å²) in [6, 6.07) is 0. The maximum Gasteiger partial charge on any atom is 0.230 e. The SMILES string of the molecule is Cc1nnc(CNCC2CCCOC2)o1. The normalized spacial score (nSPS) is 21.8. The predicted octanol–water partition coefficient (Wildman–Crippen LogP) is 0.894. The quantitative estimate of drug-likeness (QED) is 0.801. The Hall–Kier alpha value is -0.940. The van der Waals surface area contributed by atoms with Crippen LogP contribution in [0.5, 0.6) is 0 Å². The first-order valence-electron chi connectivity index (χ1n) is 5.42. The molecular formula is C10H17N3O2. The molecule has 1 saturated heterocycles. The molecule has 1 aliphatic heterocycles. The minimum Gasteiger partial charge on any atom is -0.424 e. The van der Waals surface area contributed by atoms with Crippen LogP contribution in [0.15, 0.2) is 4.42 Å². The highest BCUT2D eigenvalue weighted by atomic mass is 16.5. The second kappa shape index (κ2) is 5.23. The molecular weight excluding hydrogens is 194 g/mol. The maximum atomic E-state index is 5.40. The summed E-state index contributed by atoms with van der Waals surface area (Å²) in [5.41, 5.74) is 0. The van der Waals surface area contributed by atoms with Gasteiger partial charge < -0.3 is 14.5 Å². The van der Waals surface area contributed by atoms with Crippen LogP contribution in [-0.2, 0) is 11.3 Å². The Morgan fingerprint density at radius 2 is 2.40 bits per heavy atom. The minimum absolute atomic E-state index is 0.618. The Kier molecular flexibility index (Phi) is 3.69. The zero-order chi connectivity index (χ0) is 10.5. The van der Waals surface area contributed by atoms with E-state index in [2.05, 4.69) is 15.5 Å². The number of aromatic nitrogens is 2. The molecule has 0 aromatic carbocycles. The zero-order valence-corrected chi connectivity index (χ0v) is 9.03. The number of aryl methyl sites for hydroxylation is 1. The molecule has 0 radical (unpaired) electrons. The summed E-state index contributed by atoms with van der Waals surface area (Å²) in [6.45, 7) is 5.19. The van der Waals surface area contributed by atoms with Crippen molar-refractivity contribution in [3.05, 3.63) is 11.8 Å². The van der Waals surface area contributed by atoms with Crippen LogP contribution in [0.2, 0.25) is 0 Å². The molecule has 1 aromatic heterocycles. The van der Waals surface area contributed by atoms with Crippen LogP contribution in [0.4, 0.5) is 0 Å². The van der Waals surface area contributed by atoms with Crippen molar-refractivity contribution < 1.29 is 9.15 Å². The number of hydrogen-bond donors (Lipinski definition) is 1. The van der Waals surface area contributed by atoms with Crippen molar-refractivity contribution >= 4 is 0 Å². The fourth-order valence-corrected chi connectivity index (χ4v) is 1.76. The molecule has 15 heavy (non-hydrogen) atoms. The molecule has 0 amide bonds. The van der Waals surface area contributed by atoms with Crippen LogP contribution >= 0.6 is 0 Å². The number of nitrogens with one attached hydrogen (secondary N) is 1. The zero-order valence-electron chi connectivity index (χ0n) is 9.03. The van der Waals surface area contributed by atoms with Gasteiger partial charge in [0, 0.05) is 20.1 Å². The van der Waals surface area contributed by atoms with Crippen LogP contribution in [0.1, 0.15) is 24.6 Å². The second-order valence-electron chi connectivity index (χ2n) is 3.93. The average Bonchev–Trinajstić information content (AvgIpc) is 2.66. The Morgan fingerprint density at radius 1 is 1.47 bits per heavy atom. The third kappa shape index (κ3) is 3.28. The fraction of sp³-hybridized carbons (Fsp3) is 0.800. The van der Waals surface area contributed by atoms with E-state index in [0.717, 1.165) is 19.8 Å². The Morgan fingerprint density at radius 3 is 3.07 bits per heavy atom. The highest BCUT2D eigenvalue weighted by Crippen LogP contribution is 2.12. The number of nitrogens with zero attached hydrogens (tertiary/aromatic N) is 2. The molecule has 1 unspecified atom stereocenters. The van der Waals surface area contributed by atoms with Gasteiger partial charge >= 0.3 is 0 Å². The molecule has 0 spiro atoms. The van der Waals surface area contributed by atoms with Gasteiger partial charge in [-0.2, -0.15) is 0 Å². The van der Waals surface area contributed by atoms with Crippen LogP contribution in [-0.4, -0.2) is 30.0 Å². The summed E-state index contributed by atoms with van der Waals surface area (Å²) in [4.78, 5) is 0. The second-order valence-corrected chi connectivity index (χ2v) is 3.93. The molecule has 5 nitrogen and oxygen atoms in total. The Balaban J connectivity index is 1.65. The van der Waals surface area contributed by atoms with E-state index in [0.29, 0.717) is 24.2 Å². The fourth-order valence-electron chi connectivity index (χ4n) is 1.76. The molecule has 0 aliphatic carbocycles. The van der Waals surface area contributed by atoms with E-state index in [1.54, 1.807) is 6.92 Å². The highest BCUT2D eigenvalue weighted by molar-refractivity contribution is 4.78. The van der Waals surface area contributed by atoms with Crippen molar-refractivity contribution in [1.82, 2.24) is 15.5 Å². The standard InChI is InChI=1S/C10H17N3O2/c1-8-12-13-10(15-8)6-11-5-9-3-2-4-14-7-9/h9,11H,2-7H2,1H3. The molecule has 0 bridgehead atoms. The first-order valence-corrected chi connectivity index (χ1v) is 5.42. The van der Waals surface area contributed by atoms with Gasteiger partial charge in [-0.05, 0) is 18.8 Å². The van der Waals surface area contributed by atoms with E-state index >= 15 is 0 Å². The van der Waals surface area contributed by atoms with E-state index < -0.39 is 0 Å². The Bertz CT molecular complexity index is 295. The lowest BCUT2D eigenvalue weighted by Gasteiger charge is -2.21. The highest BCUT2D eigenvalue weighted by Gasteiger charge is 2.13. The summed E-state index contributed by atoms with van der Waals surface area (Å²) in [5, 5.41) is 11.0. The van der Waals surface area contributed by atoms with E-state index in [4.69, 9.17) is 9.15 Å². The molecule has 1 N–H and O–H groups in total. The van der Waals surface area contributed by atoms with E-state index in [1.807, 2.05) is 0 Å². The predicted molar refractivity (Wildman–Crippen MR) is 54.3 cm³/mol. The van der Waals surface area contributed by atoms with Gasteiger partial charge in [-0.1, -0.05) is 0 Å². The molecule has 1 aromatic rings. The summed E-state index contributed by atoms with van der Waals surface area (Å²) in [7, 11) is 0. The first kappa shape index (κ1) is 10.6. The molecule has 2 rings (SSSR count). The minimum atomic E-state index is 0.618. The number of ether oxygens (including phenoxy) is 1. The topological polar surface area (TPSA) is 60.2 Å². The van der Waals surface area contributed by atoms with Gasteiger partial charge in [0.2, 0.25) is 11.8 Å². The smallest absolute Gasteiger partial charge is 0.230 e. The first-order chi connectivity index (χ1) is 7.34. The van der Waals surface area contributed by atoms with Gasteiger partial charge in [-0.25, -0.2) is 0 Å². The number of hydrogen-bond acceptors (Lipinski definition) is 5. The molecule has 84 valence electrons. The van der Waals surface area contributed by atoms with Crippen LogP contribution in [0.25, 0.3) is 0 Å². The average molecular weight is 211 g/mol. The van der Waals surface area contributed by atoms with Crippen LogP contribution < -0.4 is 5.32 Å². The monoisotopic (exact) mass is 211 g/mol. The van der Waals surface area contributed by atoms with Crippen molar-refractivity contribution in [2.45, 2.75) is 26.3 Å². The van der Waals surface area contributed by atoms with Gasteiger partial charge in [0.15, 0.2) is 0 Å².